The number of imidazole rings is 1. The predicted octanol–water partition coefficient (Wildman–Crippen LogP) is 5.85. The van der Waals surface area contributed by atoms with Gasteiger partial charge in [0.05, 0.1) is 24.4 Å². The Morgan fingerprint density at radius 3 is 2.65 bits per heavy atom. The molecular formula is C24H23BrN4O2. The predicted molar refractivity (Wildman–Crippen MR) is 128 cm³/mol. The number of fused-ring (bicyclic) bond motifs is 1. The van der Waals surface area contributed by atoms with E-state index in [1.807, 2.05) is 60.7 Å². The molecule has 0 aliphatic heterocycles. The van der Waals surface area contributed by atoms with Crippen LogP contribution in [-0.2, 0) is 13.2 Å². The molecular weight excluding hydrogens is 456 g/mol. The number of aryl methyl sites for hydroxylation is 1. The smallest absolute Gasteiger partial charge is 0.224 e. The third-order valence-electron chi connectivity index (χ3n) is 4.84. The van der Waals surface area contributed by atoms with E-state index < -0.39 is 0 Å². The van der Waals surface area contributed by atoms with Crippen LogP contribution >= 0.6 is 15.9 Å². The van der Waals surface area contributed by atoms with Gasteiger partial charge in [-0.25, -0.2) is 10.4 Å². The largest absolute Gasteiger partial charge is 0.493 e. The third kappa shape index (κ3) is 4.88. The van der Waals surface area contributed by atoms with E-state index in [0.717, 1.165) is 33.2 Å². The van der Waals surface area contributed by atoms with E-state index >= 15 is 0 Å². The molecule has 0 bridgehead atoms. The minimum atomic E-state index is 0.464. The standard InChI is InChI=1S/C24H23BrN4O2/c1-3-29-21-7-5-4-6-20(21)27-24(29)28-26-15-18-10-13-22(23(14-18)30-2)31-16-17-8-11-19(25)12-9-17/h4-15H,3,16H2,1-2H3,(H,27,28)/b26-15-. The molecule has 0 saturated heterocycles. The number of benzene rings is 3. The van der Waals surface area contributed by atoms with Gasteiger partial charge in [-0.3, -0.25) is 0 Å². The quantitative estimate of drug-likeness (QED) is 0.254. The van der Waals surface area contributed by atoms with Crippen molar-refractivity contribution in [1.29, 1.82) is 0 Å². The highest BCUT2D eigenvalue weighted by atomic mass is 79.9. The number of methoxy groups -OCH3 is 1. The van der Waals surface area contributed by atoms with Crippen molar-refractivity contribution in [2.45, 2.75) is 20.1 Å². The lowest BCUT2D eigenvalue weighted by molar-refractivity contribution is 0.284. The summed E-state index contributed by atoms with van der Waals surface area (Å²) in [4.78, 5) is 4.61. The summed E-state index contributed by atoms with van der Waals surface area (Å²) in [7, 11) is 1.63. The lowest BCUT2D eigenvalue weighted by Crippen LogP contribution is -2.02. The Balaban J connectivity index is 1.45. The lowest BCUT2D eigenvalue weighted by atomic mass is 10.2. The Morgan fingerprint density at radius 2 is 1.87 bits per heavy atom. The monoisotopic (exact) mass is 478 g/mol. The van der Waals surface area contributed by atoms with Gasteiger partial charge in [0.1, 0.15) is 6.61 Å². The number of hydrazone groups is 1. The molecule has 0 aliphatic carbocycles. The number of nitrogens with zero attached hydrogens (tertiary/aromatic N) is 3. The maximum atomic E-state index is 5.93. The van der Waals surface area contributed by atoms with Gasteiger partial charge in [0, 0.05) is 11.0 Å². The molecule has 0 spiro atoms. The van der Waals surface area contributed by atoms with Crippen LogP contribution in [0.4, 0.5) is 5.95 Å². The number of anilines is 1. The Hall–Kier alpha value is -3.32. The van der Waals surface area contributed by atoms with Gasteiger partial charge in [-0.2, -0.15) is 5.10 Å². The molecule has 4 rings (SSSR count). The van der Waals surface area contributed by atoms with Crippen LogP contribution < -0.4 is 14.9 Å². The second-order valence-corrected chi connectivity index (χ2v) is 7.78. The van der Waals surface area contributed by atoms with Gasteiger partial charge in [-0.1, -0.05) is 40.2 Å². The fraction of sp³-hybridized carbons (Fsp3) is 0.167. The van der Waals surface area contributed by atoms with Crippen molar-refractivity contribution in [3.8, 4) is 11.5 Å². The van der Waals surface area contributed by atoms with Crippen molar-refractivity contribution in [1.82, 2.24) is 9.55 Å². The average molecular weight is 479 g/mol. The van der Waals surface area contributed by atoms with Crippen molar-refractivity contribution in [2.75, 3.05) is 12.5 Å². The Kier molecular flexibility index (Phi) is 6.52. The van der Waals surface area contributed by atoms with Gasteiger partial charge < -0.3 is 14.0 Å². The molecule has 6 nitrogen and oxygen atoms in total. The highest BCUT2D eigenvalue weighted by Gasteiger charge is 2.08. The van der Waals surface area contributed by atoms with Crippen LogP contribution in [0.2, 0.25) is 0 Å². The van der Waals surface area contributed by atoms with Crippen LogP contribution in [0.25, 0.3) is 11.0 Å². The zero-order valence-electron chi connectivity index (χ0n) is 17.4. The van der Waals surface area contributed by atoms with Crippen LogP contribution in [0.15, 0.2) is 76.3 Å². The number of hydrogen-bond donors (Lipinski definition) is 1. The number of para-hydroxylation sites is 2. The first-order valence-electron chi connectivity index (χ1n) is 9.97. The first kappa shape index (κ1) is 20.9. The van der Waals surface area contributed by atoms with E-state index in [4.69, 9.17) is 9.47 Å². The normalized spacial score (nSPS) is 11.2. The highest BCUT2D eigenvalue weighted by molar-refractivity contribution is 9.10. The van der Waals surface area contributed by atoms with Gasteiger partial charge in [-0.15, -0.1) is 0 Å². The molecule has 0 saturated carbocycles. The van der Waals surface area contributed by atoms with Crippen molar-refractivity contribution >= 4 is 39.1 Å². The highest BCUT2D eigenvalue weighted by Crippen LogP contribution is 2.28. The zero-order valence-corrected chi connectivity index (χ0v) is 19.0. The molecule has 0 radical (unpaired) electrons. The molecule has 0 unspecified atom stereocenters. The third-order valence-corrected chi connectivity index (χ3v) is 5.37. The topological polar surface area (TPSA) is 60.7 Å². The molecule has 158 valence electrons. The SMILES string of the molecule is CCn1c(N/N=C\c2ccc(OCc3ccc(Br)cc3)c(OC)c2)nc2ccccc21. The van der Waals surface area contributed by atoms with Gasteiger partial charge in [0.2, 0.25) is 5.95 Å². The van der Waals surface area contributed by atoms with Gasteiger partial charge in [-0.05, 0) is 60.5 Å². The van der Waals surface area contributed by atoms with Crippen molar-refractivity contribution in [2.24, 2.45) is 5.10 Å². The summed E-state index contributed by atoms with van der Waals surface area (Å²) < 4.78 is 14.6. The molecule has 31 heavy (non-hydrogen) atoms. The van der Waals surface area contributed by atoms with Crippen molar-refractivity contribution in [3.05, 3.63) is 82.3 Å². The lowest BCUT2D eigenvalue weighted by Gasteiger charge is -2.11. The molecule has 4 aromatic rings. The summed E-state index contributed by atoms with van der Waals surface area (Å²) in [5.41, 5.74) is 7.04. The first-order valence-corrected chi connectivity index (χ1v) is 10.8. The summed E-state index contributed by atoms with van der Waals surface area (Å²) in [5, 5.41) is 4.36. The molecule has 0 atom stereocenters. The number of rotatable bonds is 8. The van der Waals surface area contributed by atoms with Crippen molar-refractivity contribution in [3.63, 3.8) is 0 Å². The second kappa shape index (κ2) is 9.66. The van der Waals surface area contributed by atoms with E-state index in [0.29, 0.717) is 24.1 Å². The summed E-state index contributed by atoms with van der Waals surface area (Å²) >= 11 is 3.44. The molecule has 7 heteroatoms. The second-order valence-electron chi connectivity index (χ2n) is 6.86. The molecule has 0 fully saturated rings. The van der Waals surface area contributed by atoms with E-state index in [-0.39, 0.29) is 0 Å². The van der Waals surface area contributed by atoms with E-state index in [1.54, 1.807) is 13.3 Å². The van der Waals surface area contributed by atoms with E-state index in [9.17, 15) is 0 Å². The van der Waals surface area contributed by atoms with Crippen molar-refractivity contribution < 1.29 is 9.47 Å². The molecule has 0 aliphatic rings. The maximum absolute atomic E-state index is 5.93. The van der Waals surface area contributed by atoms with Crippen LogP contribution in [-0.4, -0.2) is 22.9 Å². The van der Waals surface area contributed by atoms with E-state index in [2.05, 4.69) is 49.0 Å². The Labute approximate surface area is 189 Å². The van der Waals surface area contributed by atoms with Crippen LogP contribution in [0, 0.1) is 0 Å². The molecule has 1 aromatic heterocycles. The number of nitrogens with one attached hydrogen (secondary N) is 1. The van der Waals surface area contributed by atoms with E-state index in [1.165, 1.54) is 0 Å². The number of aromatic nitrogens is 2. The Morgan fingerprint density at radius 1 is 1.06 bits per heavy atom. The summed E-state index contributed by atoms with van der Waals surface area (Å²) in [5.74, 6) is 2.05. The van der Waals surface area contributed by atoms with Crippen LogP contribution in [0.5, 0.6) is 11.5 Å². The maximum Gasteiger partial charge on any atom is 0.224 e. The summed E-state index contributed by atoms with van der Waals surface area (Å²) in [6, 6.07) is 21.8. The van der Waals surface area contributed by atoms with Crippen LogP contribution in [0.3, 0.4) is 0 Å². The summed E-state index contributed by atoms with van der Waals surface area (Å²) in [6.45, 7) is 3.35. The molecule has 1 N–H and O–H groups in total. The number of halogens is 1. The number of ether oxygens (including phenoxy) is 2. The molecule has 1 heterocycles. The van der Waals surface area contributed by atoms with Crippen LogP contribution in [0.1, 0.15) is 18.1 Å². The van der Waals surface area contributed by atoms with Gasteiger partial charge >= 0.3 is 0 Å². The Bertz CT molecular complexity index is 1200. The summed E-state index contributed by atoms with van der Waals surface area (Å²) in [6.07, 6.45) is 1.74. The average Bonchev–Trinajstić information content (AvgIpc) is 3.16. The minimum absolute atomic E-state index is 0.464. The first-order chi connectivity index (χ1) is 15.2. The van der Waals surface area contributed by atoms with Gasteiger partial charge in [0.15, 0.2) is 11.5 Å². The van der Waals surface area contributed by atoms with Gasteiger partial charge in [0.25, 0.3) is 0 Å². The fourth-order valence-corrected chi connectivity index (χ4v) is 3.54. The minimum Gasteiger partial charge on any atom is -0.493 e. The molecule has 0 amide bonds. The molecule has 3 aromatic carbocycles. The fourth-order valence-electron chi connectivity index (χ4n) is 3.27. The number of hydrogen-bond acceptors (Lipinski definition) is 5. The zero-order chi connectivity index (χ0) is 21.6.